The Morgan fingerprint density at radius 3 is 2.72 bits per heavy atom. The predicted octanol–water partition coefficient (Wildman–Crippen LogP) is 1.85. The molecule has 0 aromatic carbocycles. The Bertz CT molecular complexity index is 860. The van der Waals surface area contributed by atoms with Gasteiger partial charge < -0.3 is 10.1 Å². The summed E-state index contributed by atoms with van der Waals surface area (Å²) in [5, 5.41) is 3.35. The van der Waals surface area contributed by atoms with Crippen molar-refractivity contribution < 1.29 is 14.3 Å². The number of esters is 1. The summed E-state index contributed by atoms with van der Waals surface area (Å²) in [6.07, 6.45) is 1.78. The molecule has 8 nitrogen and oxygen atoms in total. The van der Waals surface area contributed by atoms with E-state index in [-0.39, 0.29) is 23.8 Å². The quantitative estimate of drug-likeness (QED) is 0.462. The highest BCUT2D eigenvalue weighted by atomic mass is 32.2. The van der Waals surface area contributed by atoms with E-state index in [2.05, 4.69) is 15.3 Å². The molecule has 2 rings (SSSR count). The number of nitrogens with zero attached hydrogens (tertiary/aromatic N) is 3. The number of nitrogens with one attached hydrogen (secondary N) is 1. The zero-order valence-electron chi connectivity index (χ0n) is 14.3. The number of carbonyl (C=O) groups is 2. The van der Waals surface area contributed by atoms with Gasteiger partial charge in [-0.3, -0.25) is 14.2 Å². The molecule has 2 aromatic heterocycles. The fraction of sp³-hybridized carbons (Fsp3) is 0.400. The third-order valence-corrected chi connectivity index (χ3v) is 4.82. The van der Waals surface area contributed by atoms with Crippen molar-refractivity contribution >= 4 is 40.1 Å². The number of ether oxygens (including phenoxy) is 1. The van der Waals surface area contributed by atoms with E-state index >= 15 is 0 Å². The number of thiazole rings is 1. The van der Waals surface area contributed by atoms with Gasteiger partial charge >= 0.3 is 5.97 Å². The fourth-order valence-electron chi connectivity index (χ4n) is 2.03. The zero-order valence-corrected chi connectivity index (χ0v) is 15.9. The summed E-state index contributed by atoms with van der Waals surface area (Å²) in [6, 6.07) is 1.37. The molecule has 134 valence electrons. The van der Waals surface area contributed by atoms with Gasteiger partial charge in [-0.05, 0) is 27.0 Å². The molecule has 0 saturated carbocycles. The van der Waals surface area contributed by atoms with Crippen LogP contribution in [0.5, 0.6) is 0 Å². The summed E-state index contributed by atoms with van der Waals surface area (Å²) in [5.41, 5.74) is 0.785. The third kappa shape index (κ3) is 4.67. The average molecular weight is 382 g/mol. The second-order valence-electron chi connectivity index (χ2n) is 5.01. The Hall–Kier alpha value is -2.20. The SMILES string of the molecule is CCOC(=O)c1sc(NC(=O)Cn2c(SC)nc(C)cc2=O)nc1C. The lowest BCUT2D eigenvalue weighted by atomic mass is 10.4. The number of aryl methyl sites for hydroxylation is 2. The first-order valence-electron chi connectivity index (χ1n) is 7.42. The van der Waals surface area contributed by atoms with Crippen LogP contribution in [0.25, 0.3) is 0 Å². The second kappa shape index (κ2) is 8.26. The highest BCUT2D eigenvalue weighted by molar-refractivity contribution is 7.98. The molecular weight excluding hydrogens is 364 g/mol. The number of hydrogen-bond donors (Lipinski definition) is 1. The van der Waals surface area contributed by atoms with Crippen LogP contribution in [0.1, 0.15) is 28.0 Å². The summed E-state index contributed by atoms with van der Waals surface area (Å²) in [5.74, 6) is -0.895. The highest BCUT2D eigenvalue weighted by Gasteiger charge is 2.18. The van der Waals surface area contributed by atoms with Gasteiger partial charge in [0.2, 0.25) is 5.91 Å². The Balaban J connectivity index is 2.15. The minimum absolute atomic E-state index is 0.185. The van der Waals surface area contributed by atoms with Gasteiger partial charge in [0.05, 0.1) is 12.3 Å². The molecule has 2 heterocycles. The number of hydrogen-bond acceptors (Lipinski definition) is 8. The molecule has 2 aromatic rings. The predicted molar refractivity (Wildman–Crippen MR) is 96.5 cm³/mol. The molecule has 1 amide bonds. The molecule has 10 heteroatoms. The standard InChI is InChI=1S/C15H18N4O4S2/c1-5-23-13(22)12-9(3)17-14(25-12)18-10(20)7-19-11(21)6-8(2)16-15(19)24-4/h6H,5,7H2,1-4H3,(H,17,18,20). The van der Waals surface area contributed by atoms with Gasteiger partial charge in [-0.1, -0.05) is 23.1 Å². The third-order valence-electron chi connectivity index (χ3n) is 3.09. The van der Waals surface area contributed by atoms with E-state index in [4.69, 9.17) is 4.74 Å². The van der Waals surface area contributed by atoms with E-state index < -0.39 is 11.9 Å². The first-order chi connectivity index (χ1) is 11.8. The van der Waals surface area contributed by atoms with Crippen molar-refractivity contribution in [3.05, 3.63) is 32.7 Å². The molecule has 0 radical (unpaired) electrons. The lowest BCUT2D eigenvalue weighted by molar-refractivity contribution is -0.116. The van der Waals surface area contributed by atoms with Crippen LogP contribution in [0.2, 0.25) is 0 Å². The van der Waals surface area contributed by atoms with Crippen LogP contribution in [0.3, 0.4) is 0 Å². The number of rotatable bonds is 6. The normalized spacial score (nSPS) is 10.6. The lowest BCUT2D eigenvalue weighted by Gasteiger charge is -2.10. The molecule has 25 heavy (non-hydrogen) atoms. The summed E-state index contributed by atoms with van der Waals surface area (Å²) in [7, 11) is 0. The van der Waals surface area contributed by atoms with Crippen LogP contribution in [-0.4, -0.2) is 39.3 Å². The lowest BCUT2D eigenvalue weighted by Crippen LogP contribution is -2.29. The van der Waals surface area contributed by atoms with Crippen LogP contribution in [0, 0.1) is 13.8 Å². The Labute approximate surface area is 152 Å². The number of anilines is 1. The van der Waals surface area contributed by atoms with Gasteiger partial charge in [0, 0.05) is 11.8 Å². The van der Waals surface area contributed by atoms with Crippen molar-refractivity contribution in [2.24, 2.45) is 0 Å². The first kappa shape index (κ1) is 19.1. The molecule has 1 N–H and O–H groups in total. The van der Waals surface area contributed by atoms with Crippen LogP contribution < -0.4 is 10.9 Å². The summed E-state index contributed by atoms with van der Waals surface area (Å²) in [4.78, 5) is 44.9. The van der Waals surface area contributed by atoms with Crippen LogP contribution >= 0.6 is 23.1 Å². The molecule has 0 bridgehead atoms. The molecule has 0 unspecified atom stereocenters. The summed E-state index contributed by atoms with van der Waals surface area (Å²) < 4.78 is 6.23. The van der Waals surface area contributed by atoms with Crippen molar-refractivity contribution in [1.29, 1.82) is 0 Å². The van der Waals surface area contributed by atoms with Gasteiger partial charge in [-0.2, -0.15) is 0 Å². The van der Waals surface area contributed by atoms with E-state index in [9.17, 15) is 14.4 Å². The minimum atomic E-state index is -0.471. The Kier molecular flexibility index (Phi) is 6.32. The topological polar surface area (TPSA) is 103 Å². The van der Waals surface area contributed by atoms with Gasteiger partial charge in [-0.25, -0.2) is 14.8 Å². The smallest absolute Gasteiger partial charge is 0.350 e. The van der Waals surface area contributed by atoms with E-state index in [0.29, 0.717) is 21.4 Å². The first-order valence-corrected chi connectivity index (χ1v) is 9.46. The van der Waals surface area contributed by atoms with Gasteiger partial charge in [0.1, 0.15) is 11.4 Å². The summed E-state index contributed by atoms with van der Waals surface area (Å²) in [6.45, 7) is 5.18. The van der Waals surface area contributed by atoms with E-state index in [1.54, 1.807) is 27.0 Å². The van der Waals surface area contributed by atoms with Gasteiger partial charge in [0.15, 0.2) is 10.3 Å². The number of aromatic nitrogens is 3. The molecule has 0 saturated heterocycles. The highest BCUT2D eigenvalue weighted by Crippen LogP contribution is 2.23. The van der Waals surface area contributed by atoms with E-state index in [1.807, 2.05) is 0 Å². The summed E-state index contributed by atoms with van der Waals surface area (Å²) >= 11 is 2.32. The number of carbonyl (C=O) groups excluding carboxylic acids is 2. The van der Waals surface area contributed by atoms with Crippen LogP contribution in [0.15, 0.2) is 16.0 Å². The maximum Gasteiger partial charge on any atom is 0.350 e. The Morgan fingerprint density at radius 1 is 1.36 bits per heavy atom. The average Bonchev–Trinajstić information content (AvgIpc) is 2.90. The maximum atomic E-state index is 12.2. The minimum Gasteiger partial charge on any atom is -0.462 e. The maximum absolute atomic E-state index is 12.2. The van der Waals surface area contributed by atoms with Crippen molar-refractivity contribution in [3.8, 4) is 0 Å². The van der Waals surface area contributed by atoms with Crippen LogP contribution in [0.4, 0.5) is 5.13 Å². The number of thioether (sulfide) groups is 1. The molecule has 0 aliphatic rings. The fourth-order valence-corrected chi connectivity index (χ4v) is 3.52. The molecule has 0 spiro atoms. The number of amides is 1. The van der Waals surface area contributed by atoms with Gasteiger partial charge in [-0.15, -0.1) is 0 Å². The second-order valence-corrected chi connectivity index (χ2v) is 6.78. The van der Waals surface area contributed by atoms with E-state index in [0.717, 1.165) is 11.3 Å². The van der Waals surface area contributed by atoms with Crippen molar-refractivity contribution in [2.75, 3.05) is 18.2 Å². The van der Waals surface area contributed by atoms with Crippen molar-refractivity contribution in [3.63, 3.8) is 0 Å². The molecular formula is C15H18N4O4S2. The Morgan fingerprint density at radius 2 is 2.08 bits per heavy atom. The van der Waals surface area contributed by atoms with Gasteiger partial charge in [0.25, 0.3) is 5.56 Å². The molecule has 0 aliphatic carbocycles. The van der Waals surface area contributed by atoms with E-state index in [1.165, 1.54) is 22.4 Å². The molecule has 0 aliphatic heterocycles. The van der Waals surface area contributed by atoms with Crippen molar-refractivity contribution in [1.82, 2.24) is 14.5 Å². The molecule has 0 fully saturated rings. The largest absolute Gasteiger partial charge is 0.462 e. The van der Waals surface area contributed by atoms with Crippen molar-refractivity contribution in [2.45, 2.75) is 32.5 Å². The zero-order chi connectivity index (χ0) is 18.6. The monoisotopic (exact) mass is 382 g/mol. The molecule has 0 atom stereocenters. The van der Waals surface area contributed by atoms with Crippen LogP contribution in [-0.2, 0) is 16.1 Å².